The minimum Gasteiger partial charge on any atom is -0.488 e. The highest BCUT2D eigenvalue weighted by molar-refractivity contribution is 5.98. The zero-order valence-electron chi connectivity index (χ0n) is 48.4. The van der Waals surface area contributed by atoms with Gasteiger partial charge in [-0.1, -0.05) is 133 Å². The monoisotopic (exact) mass is 1110 g/mol. The standard InChI is InChI=1S/C64H80N6O11/c1-41(79-61(3,4)5)55(58(75)67-52(60(77)78)37-43-24-16-12-17-25-43)68-56(73)50(39-54(72)69-64(45-26-18-13-19-27-45,46-28-20-14-21-29-46)47-30-22-15-23-31-47)66-57(74)53-38-49(81-63(9,10)11)40-70(53)59(76)51(65-42(2)71)36-44-32-34-48(35-33-44)80-62(6,7)8/h12-35,41,49-53,55H,36-40H2,1-11H3,(H,65,71)(H,66,74)(H,67,75)(H,68,73)(H,69,72)(H,77,78)/t41-,49-,50+,51-,52+,53+,55+/m1/s1. The molecule has 7 atom stereocenters. The summed E-state index contributed by atoms with van der Waals surface area (Å²) in [5, 5.41) is 24.5. The summed E-state index contributed by atoms with van der Waals surface area (Å²) in [5.41, 5.74) is -0.0174. The quantitative estimate of drug-likeness (QED) is 0.0359. The van der Waals surface area contributed by atoms with E-state index in [2.05, 4.69) is 26.6 Å². The molecule has 0 saturated carbocycles. The SMILES string of the molecule is CC(=O)N[C@H](Cc1ccc(OC(C)(C)C)cc1)C(=O)N1C[C@H](OC(C)(C)C)C[C@H]1C(=O)N[C@@H](CC(=O)NC(c1ccccc1)(c1ccccc1)c1ccccc1)C(=O)N[C@H](C(=O)N[C@@H](Cc1ccccc1)C(=O)O)[C@@H](C)OC(C)(C)C. The lowest BCUT2D eigenvalue weighted by molar-refractivity contribution is -0.145. The first-order chi connectivity index (χ1) is 38.1. The van der Waals surface area contributed by atoms with E-state index < -0.39 is 113 Å². The molecule has 0 radical (unpaired) electrons. The first kappa shape index (κ1) is 62.3. The molecule has 432 valence electrons. The number of hydrogen-bond acceptors (Lipinski definition) is 10. The summed E-state index contributed by atoms with van der Waals surface area (Å²) in [6.45, 7) is 19.3. The van der Waals surface area contributed by atoms with Gasteiger partial charge >= 0.3 is 5.97 Å². The van der Waals surface area contributed by atoms with Gasteiger partial charge in [0, 0.05) is 32.7 Å². The summed E-state index contributed by atoms with van der Waals surface area (Å²) in [4.78, 5) is 102. The van der Waals surface area contributed by atoms with E-state index in [1.54, 1.807) is 82.3 Å². The van der Waals surface area contributed by atoms with Crippen LogP contribution >= 0.6 is 0 Å². The fraction of sp³-hybridized carbons (Fsp3) is 0.422. The predicted molar refractivity (Wildman–Crippen MR) is 309 cm³/mol. The molecule has 1 aliphatic heterocycles. The molecule has 5 aromatic rings. The molecule has 6 rings (SSSR count). The summed E-state index contributed by atoms with van der Waals surface area (Å²) in [5.74, 6) is -5.19. The second kappa shape index (κ2) is 27.0. The number of carboxylic acid groups (broad SMARTS) is 1. The van der Waals surface area contributed by atoms with Crippen molar-refractivity contribution in [1.29, 1.82) is 0 Å². The third-order valence-corrected chi connectivity index (χ3v) is 13.3. The van der Waals surface area contributed by atoms with Gasteiger partial charge in [0.15, 0.2) is 0 Å². The average molecular weight is 1110 g/mol. The Balaban J connectivity index is 1.41. The number of benzene rings is 5. The Hall–Kier alpha value is -7.89. The Morgan fingerprint density at radius 1 is 0.580 bits per heavy atom. The molecule has 1 aliphatic rings. The third kappa shape index (κ3) is 18.1. The van der Waals surface area contributed by atoms with Gasteiger partial charge in [-0.15, -0.1) is 0 Å². The molecule has 81 heavy (non-hydrogen) atoms. The van der Waals surface area contributed by atoms with E-state index in [1.807, 2.05) is 133 Å². The van der Waals surface area contributed by atoms with Crippen molar-refractivity contribution in [2.45, 2.75) is 167 Å². The van der Waals surface area contributed by atoms with E-state index >= 15 is 14.4 Å². The molecule has 6 N–H and O–H groups in total. The summed E-state index contributed by atoms with van der Waals surface area (Å²) < 4.78 is 18.7. The van der Waals surface area contributed by atoms with Crippen molar-refractivity contribution in [3.63, 3.8) is 0 Å². The van der Waals surface area contributed by atoms with Crippen molar-refractivity contribution in [1.82, 2.24) is 31.5 Å². The molecule has 1 heterocycles. The van der Waals surface area contributed by atoms with Crippen LogP contribution in [-0.2, 0) is 61.4 Å². The molecule has 0 bridgehead atoms. The molecule has 1 fully saturated rings. The van der Waals surface area contributed by atoms with Crippen LogP contribution in [0.2, 0.25) is 0 Å². The van der Waals surface area contributed by atoms with Crippen LogP contribution in [0.5, 0.6) is 5.75 Å². The summed E-state index contributed by atoms with van der Waals surface area (Å²) >= 11 is 0. The van der Waals surface area contributed by atoms with Gasteiger partial charge in [-0.3, -0.25) is 28.8 Å². The van der Waals surface area contributed by atoms with Crippen LogP contribution in [0.3, 0.4) is 0 Å². The van der Waals surface area contributed by atoms with Crippen LogP contribution in [0.15, 0.2) is 146 Å². The van der Waals surface area contributed by atoms with Crippen molar-refractivity contribution in [3.05, 3.63) is 173 Å². The van der Waals surface area contributed by atoms with Crippen molar-refractivity contribution in [3.8, 4) is 5.75 Å². The minimum atomic E-state index is -1.74. The maximum absolute atomic E-state index is 15.3. The smallest absolute Gasteiger partial charge is 0.326 e. The largest absolute Gasteiger partial charge is 0.488 e. The van der Waals surface area contributed by atoms with Crippen molar-refractivity contribution in [2.24, 2.45) is 0 Å². The molecule has 0 aromatic heterocycles. The number of aliphatic carboxylic acids is 1. The van der Waals surface area contributed by atoms with E-state index in [-0.39, 0.29) is 25.8 Å². The summed E-state index contributed by atoms with van der Waals surface area (Å²) in [6, 6.07) is 36.6. The first-order valence-corrected chi connectivity index (χ1v) is 27.5. The van der Waals surface area contributed by atoms with Crippen LogP contribution in [0.1, 0.15) is 117 Å². The number of ether oxygens (including phenoxy) is 3. The lowest BCUT2D eigenvalue weighted by atomic mass is 9.77. The van der Waals surface area contributed by atoms with Crippen LogP contribution in [-0.4, -0.2) is 117 Å². The Labute approximate surface area is 476 Å². The highest BCUT2D eigenvalue weighted by atomic mass is 16.5. The van der Waals surface area contributed by atoms with Gasteiger partial charge in [-0.05, 0) is 109 Å². The number of rotatable bonds is 23. The maximum Gasteiger partial charge on any atom is 0.326 e. The highest BCUT2D eigenvalue weighted by Gasteiger charge is 2.46. The number of carbonyl (C=O) groups is 7. The molecule has 0 spiro atoms. The predicted octanol–water partition coefficient (Wildman–Crippen LogP) is 7.18. The number of carbonyl (C=O) groups excluding carboxylic acids is 6. The molecule has 0 aliphatic carbocycles. The van der Waals surface area contributed by atoms with Crippen LogP contribution in [0, 0.1) is 0 Å². The van der Waals surface area contributed by atoms with Gasteiger partial charge in [0.2, 0.25) is 35.4 Å². The van der Waals surface area contributed by atoms with E-state index in [0.717, 1.165) is 0 Å². The van der Waals surface area contributed by atoms with Crippen LogP contribution < -0.4 is 31.3 Å². The van der Waals surface area contributed by atoms with E-state index in [9.17, 15) is 24.3 Å². The Morgan fingerprint density at radius 2 is 1.07 bits per heavy atom. The number of hydrogen-bond donors (Lipinski definition) is 6. The Kier molecular flexibility index (Phi) is 20.8. The molecule has 17 heteroatoms. The van der Waals surface area contributed by atoms with Gasteiger partial charge in [-0.25, -0.2) is 4.79 Å². The van der Waals surface area contributed by atoms with E-state index in [0.29, 0.717) is 33.6 Å². The topological polar surface area (TPSA) is 231 Å². The second-order valence-electron chi connectivity index (χ2n) is 23.6. The Morgan fingerprint density at radius 3 is 1.54 bits per heavy atom. The third-order valence-electron chi connectivity index (χ3n) is 13.3. The fourth-order valence-corrected chi connectivity index (χ4v) is 10.1. The number of nitrogens with one attached hydrogen (secondary N) is 5. The van der Waals surface area contributed by atoms with Crippen LogP contribution in [0.4, 0.5) is 0 Å². The minimum absolute atomic E-state index is 0.0282. The molecular weight excluding hydrogens is 1030 g/mol. The molecule has 0 unspecified atom stereocenters. The summed E-state index contributed by atoms with van der Waals surface area (Å²) in [6.07, 6.45) is -2.55. The summed E-state index contributed by atoms with van der Waals surface area (Å²) in [7, 11) is 0. The van der Waals surface area contributed by atoms with Crippen molar-refractivity contribution >= 4 is 41.4 Å². The van der Waals surface area contributed by atoms with Gasteiger partial charge < -0.3 is 50.8 Å². The highest BCUT2D eigenvalue weighted by Crippen LogP contribution is 2.37. The van der Waals surface area contributed by atoms with E-state index in [4.69, 9.17) is 14.2 Å². The molecular formula is C64H80N6O11. The zero-order valence-corrected chi connectivity index (χ0v) is 48.4. The molecule has 6 amide bonds. The number of nitrogens with zero attached hydrogens (tertiary/aromatic N) is 1. The number of carboxylic acids is 1. The lowest BCUT2D eigenvalue weighted by Crippen LogP contribution is -2.62. The van der Waals surface area contributed by atoms with Gasteiger partial charge in [-0.2, -0.15) is 0 Å². The molecule has 5 aromatic carbocycles. The fourth-order valence-electron chi connectivity index (χ4n) is 10.1. The molecule has 17 nitrogen and oxygen atoms in total. The van der Waals surface area contributed by atoms with Gasteiger partial charge in [0.1, 0.15) is 47.1 Å². The van der Waals surface area contributed by atoms with Crippen molar-refractivity contribution < 1.29 is 52.9 Å². The van der Waals surface area contributed by atoms with E-state index in [1.165, 1.54) is 11.8 Å². The number of likely N-dealkylation sites (tertiary alicyclic amines) is 1. The lowest BCUT2D eigenvalue weighted by Gasteiger charge is -2.37. The molecule has 1 saturated heterocycles. The van der Waals surface area contributed by atoms with Crippen LogP contribution in [0.25, 0.3) is 0 Å². The first-order valence-electron chi connectivity index (χ1n) is 27.5. The average Bonchev–Trinajstić information content (AvgIpc) is 3.85. The van der Waals surface area contributed by atoms with Gasteiger partial charge in [0.25, 0.3) is 0 Å². The normalized spacial score (nSPS) is 16.6. The zero-order chi connectivity index (χ0) is 59.3. The van der Waals surface area contributed by atoms with Gasteiger partial charge in [0.05, 0.1) is 29.8 Å². The maximum atomic E-state index is 15.3. The van der Waals surface area contributed by atoms with Crippen molar-refractivity contribution in [2.75, 3.05) is 6.54 Å². The Bertz CT molecular complexity index is 2830. The number of amides is 6. The second-order valence-corrected chi connectivity index (χ2v) is 23.6.